The Morgan fingerprint density at radius 1 is 1.25 bits per heavy atom. The van der Waals surface area contributed by atoms with Crippen LogP contribution < -0.4 is 10.1 Å². The van der Waals surface area contributed by atoms with Gasteiger partial charge in [-0.15, -0.1) is 0 Å². The van der Waals surface area contributed by atoms with Crippen molar-refractivity contribution in [3.63, 3.8) is 0 Å². The molecule has 0 bridgehead atoms. The highest BCUT2D eigenvalue weighted by Gasteiger charge is 2.29. The van der Waals surface area contributed by atoms with Gasteiger partial charge in [0.15, 0.2) is 6.29 Å². The van der Waals surface area contributed by atoms with Gasteiger partial charge in [0, 0.05) is 18.9 Å². The van der Waals surface area contributed by atoms with Crippen molar-refractivity contribution in [2.75, 3.05) is 32.2 Å². The second-order valence-corrected chi connectivity index (χ2v) is 7.00. The molecule has 0 spiro atoms. The topological polar surface area (TPSA) is 91.8 Å². The zero-order valence-electron chi connectivity index (χ0n) is 17.9. The molecule has 2 heterocycles. The van der Waals surface area contributed by atoms with Crippen LogP contribution in [0.3, 0.4) is 0 Å². The summed E-state index contributed by atoms with van der Waals surface area (Å²) < 4.78 is 62.4. The number of hydrogen-bond acceptors (Lipinski definition) is 8. The van der Waals surface area contributed by atoms with Gasteiger partial charge in [0.05, 0.1) is 49.8 Å². The minimum Gasteiger partial charge on any atom is -0.467 e. The van der Waals surface area contributed by atoms with E-state index in [1.165, 1.54) is 26.2 Å². The third kappa shape index (κ3) is 5.46. The molecular weight excluding hydrogens is 431 g/mol. The number of esters is 1. The number of rotatable bonds is 9. The standard InChI is InChI=1S/C21H24F3N3O5/c1-11(13-5-4-6-14(17(13)22)18(23)24)25-19-16(20-31-9-10-32-20)15(7-8-30-12(2)28)26-21(27-19)29-3/h4-6,11,18,20H,7-10H2,1-3H3,(H,25,26,27)/t11-/m1/s1. The molecule has 32 heavy (non-hydrogen) atoms. The Labute approximate surface area is 183 Å². The summed E-state index contributed by atoms with van der Waals surface area (Å²) in [7, 11) is 1.38. The van der Waals surface area contributed by atoms with Gasteiger partial charge in [-0.2, -0.15) is 9.97 Å². The summed E-state index contributed by atoms with van der Waals surface area (Å²) in [4.78, 5) is 19.8. The molecule has 11 heteroatoms. The molecule has 1 aliphatic heterocycles. The normalized spacial score (nSPS) is 15.1. The lowest BCUT2D eigenvalue weighted by molar-refractivity contribution is -0.140. The fourth-order valence-corrected chi connectivity index (χ4v) is 3.30. The van der Waals surface area contributed by atoms with E-state index < -0.39 is 36.1 Å². The van der Waals surface area contributed by atoms with E-state index in [1.54, 1.807) is 6.92 Å². The van der Waals surface area contributed by atoms with Crippen molar-refractivity contribution in [2.24, 2.45) is 0 Å². The van der Waals surface area contributed by atoms with Gasteiger partial charge < -0.3 is 24.3 Å². The van der Waals surface area contributed by atoms with Crippen molar-refractivity contribution in [3.8, 4) is 6.01 Å². The van der Waals surface area contributed by atoms with Crippen molar-refractivity contribution in [2.45, 2.75) is 39.0 Å². The summed E-state index contributed by atoms with van der Waals surface area (Å²) in [5.41, 5.74) is 0.247. The first-order chi connectivity index (χ1) is 15.3. The number of hydrogen-bond donors (Lipinski definition) is 1. The van der Waals surface area contributed by atoms with Crippen LogP contribution in [0.5, 0.6) is 6.01 Å². The minimum absolute atomic E-state index is 0.0149. The maximum atomic E-state index is 14.7. The zero-order chi connectivity index (χ0) is 23.3. The molecule has 8 nitrogen and oxygen atoms in total. The van der Waals surface area contributed by atoms with E-state index in [4.69, 9.17) is 18.9 Å². The van der Waals surface area contributed by atoms with E-state index in [2.05, 4.69) is 15.3 Å². The van der Waals surface area contributed by atoms with Gasteiger partial charge in [-0.25, -0.2) is 13.2 Å². The molecule has 1 aliphatic rings. The monoisotopic (exact) mass is 455 g/mol. The van der Waals surface area contributed by atoms with Crippen LogP contribution in [0, 0.1) is 5.82 Å². The highest BCUT2D eigenvalue weighted by Crippen LogP contribution is 2.35. The average Bonchev–Trinajstić information content (AvgIpc) is 3.27. The molecule has 0 amide bonds. The third-order valence-electron chi connectivity index (χ3n) is 4.80. The van der Waals surface area contributed by atoms with Crippen LogP contribution in [0.15, 0.2) is 18.2 Å². The molecular formula is C21H24F3N3O5. The summed E-state index contributed by atoms with van der Waals surface area (Å²) in [6, 6.07) is 3.10. The average molecular weight is 455 g/mol. The molecule has 1 saturated heterocycles. The number of alkyl halides is 2. The van der Waals surface area contributed by atoms with E-state index in [-0.39, 0.29) is 30.4 Å². The van der Waals surface area contributed by atoms with Gasteiger partial charge in [0.25, 0.3) is 6.43 Å². The first kappa shape index (κ1) is 23.7. The minimum atomic E-state index is -2.94. The smallest absolute Gasteiger partial charge is 0.318 e. The zero-order valence-corrected chi connectivity index (χ0v) is 17.9. The van der Waals surface area contributed by atoms with Crippen molar-refractivity contribution in [3.05, 3.63) is 46.4 Å². The lowest BCUT2D eigenvalue weighted by Gasteiger charge is -2.23. The molecule has 3 rings (SSSR count). The molecule has 0 saturated carbocycles. The summed E-state index contributed by atoms with van der Waals surface area (Å²) in [6.07, 6.45) is -3.53. The summed E-state index contributed by atoms with van der Waals surface area (Å²) in [5.74, 6) is -1.20. The number of methoxy groups -OCH3 is 1. The highest BCUT2D eigenvalue weighted by atomic mass is 19.3. The molecule has 0 aliphatic carbocycles. The van der Waals surface area contributed by atoms with Gasteiger partial charge >= 0.3 is 12.0 Å². The predicted molar refractivity (Wildman–Crippen MR) is 107 cm³/mol. The molecule has 2 aromatic rings. The lowest BCUT2D eigenvalue weighted by Crippen LogP contribution is -2.18. The number of anilines is 1. The second kappa shape index (κ2) is 10.6. The Balaban J connectivity index is 1.98. The maximum absolute atomic E-state index is 14.7. The van der Waals surface area contributed by atoms with Crippen LogP contribution in [-0.4, -0.2) is 42.9 Å². The van der Waals surface area contributed by atoms with Gasteiger partial charge in [0.2, 0.25) is 0 Å². The highest BCUT2D eigenvalue weighted by molar-refractivity contribution is 5.65. The Morgan fingerprint density at radius 3 is 2.56 bits per heavy atom. The van der Waals surface area contributed by atoms with Gasteiger partial charge in [0.1, 0.15) is 11.6 Å². The van der Waals surface area contributed by atoms with Crippen LogP contribution >= 0.6 is 0 Å². The first-order valence-corrected chi connectivity index (χ1v) is 9.96. The van der Waals surface area contributed by atoms with Gasteiger partial charge in [-0.3, -0.25) is 4.79 Å². The molecule has 0 unspecified atom stereocenters. The number of ether oxygens (including phenoxy) is 4. The van der Waals surface area contributed by atoms with E-state index in [1.807, 2.05) is 0 Å². The number of halogens is 3. The molecule has 1 aromatic carbocycles. The van der Waals surface area contributed by atoms with Crippen molar-refractivity contribution in [1.82, 2.24) is 9.97 Å². The molecule has 0 radical (unpaired) electrons. The third-order valence-corrected chi connectivity index (χ3v) is 4.80. The number of nitrogens with zero attached hydrogens (tertiary/aromatic N) is 2. The number of carbonyl (C=O) groups excluding carboxylic acids is 1. The molecule has 1 aromatic heterocycles. The van der Waals surface area contributed by atoms with Crippen LogP contribution in [0.4, 0.5) is 19.0 Å². The fraction of sp³-hybridized carbons (Fsp3) is 0.476. The van der Waals surface area contributed by atoms with E-state index >= 15 is 0 Å². The number of aromatic nitrogens is 2. The Hall–Kier alpha value is -2.92. The van der Waals surface area contributed by atoms with E-state index in [0.29, 0.717) is 24.5 Å². The van der Waals surface area contributed by atoms with Crippen LogP contribution in [0.1, 0.15) is 55.0 Å². The Kier molecular flexibility index (Phi) is 7.86. The van der Waals surface area contributed by atoms with Crippen LogP contribution in [0.25, 0.3) is 0 Å². The SMILES string of the molecule is COc1nc(CCOC(C)=O)c(C2OCCO2)c(N[C@H](C)c2cccc(C(F)F)c2F)n1. The summed E-state index contributed by atoms with van der Waals surface area (Å²) in [6.45, 7) is 3.65. The summed E-state index contributed by atoms with van der Waals surface area (Å²) in [5, 5.41) is 3.04. The lowest BCUT2D eigenvalue weighted by atomic mass is 10.0. The molecule has 1 N–H and O–H groups in total. The molecule has 1 atom stereocenters. The van der Waals surface area contributed by atoms with Gasteiger partial charge in [-0.1, -0.05) is 18.2 Å². The van der Waals surface area contributed by atoms with Crippen LogP contribution in [-0.2, 0) is 25.4 Å². The van der Waals surface area contributed by atoms with Crippen molar-refractivity contribution >= 4 is 11.8 Å². The van der Waals surface area contributed by atoms with Gasteiger partial charge in [-0.05, 0) is 6.92 Å². The van der Waals surface area contributed by atoms with E-state index in [0.717, 1.165) is 6.07 Å². The van der Waals surface area contributed by atoms with Crippen LogP contribution in [0.2, 0.25) is 0 Å². The number of benzene rings is 1. The fourth-order valence-electron chi connectivity index (χ4n) is 3.30. The quantitative estimate of drug-likeness (QED) is 0.570. The number of carbonyl (C=O) groups is 1. The maximum Gasteiger partial charge on any atom is 0.318 e. The molecule has 1 fully saturated rings. The largest absolute Gasteiger partial charge is 0.467 e. The van der Waals surface area contributed by atoms with Crippen molar-refractivity contribution < 1.29 is 36.9 Å². The number of nitrogens with one attached hydrogen (secondary N) is 1. The second-order valence-electron chi connectivity index (χ2n) is 7.00. The first-order valence-electron chi connectivity index (χ1n) is 9.96. The Bertz CT molecular complexity index is 955. The van der Waals surface area contributed by atoms with E-state index in [9.17, 15) is 18.0 Å². The molecule has 174 valence electrons. The Morgan fingerprint density at radius 2 is 1.94 bits per heavy atom. The predicted octanol–water partition coefficient (Wildman–Crippen LogP) is 3.89. The van der Waals surface area contributed by atoms with Crippen molar-refractivity contribution in [1.29, 1.82) is 0 Å². The summed E-state index contributed by atoms with van der Waals surface area (Å²) >= 11 is 0.